The first-order valence-corrected chi connectivity index (χ1v) is 13.4. The molecule has 1 saturated heterocycles. The van der Waals surface area contributed by atoms with Gasteiger partial charge in [0.2, 0.25) is 5.91 Å². The maximum absolute atomic E-state index is 12.5. The third-order valence-corrected chi connectivity index (χ3v) is 7.25. The van der Waals surface area contributed by atoms with E-state index in [9.17, 15) is 9.59 Å². The number of imidazole rings is 1. The van der Waals surface area contributed by atoms with Gasteiger partial charge in [-0.1, -0.05) is 62.2 Å². The van der Waals surface area contributed by atoms with Gasteiger partial charge in [-0.3, -0.25) is 9.59 Å². The Kier molecular flexibility index (Phi) is 8.63. The summed E-state index contributed by atoms with van der Waals surface area (Å²) < 4.78 is 2.25. The smallest absolute Gasteiger partial charge is 0.253 e. The Hall–Kier alpha value is -2.80. The summed E-state index contributed by atoms with van der Waals surface area (Å²) in [6, 6.07) is 15.7. The Labute approximate surface area is 206 Å². The van der Waals surface area contributed by atoms with Gasteiger partial charge in [0.05, 0.1) is 16.8 Å². The number of nitrogens with zero attached hydrogens (tertiary/aromatic N) is 3. The van der Waals surface area contributed by atoms with E-state index in [0.29, 0.717) is 17.9 Å². The van der Waals surface area contributed by atoms with Gasteiger partial charge in [0.15, 0.2) is 5.16 Å². The molecule has 4 rings (SSSR count). The number of carbonyl (C=O) groups excluding carboxylic acids is 2. The fourth-order valence-electron chi connectivity index (χ4n) is 4.33. The second-order valence-electron chi connectivity index (χ2n) is 8.86. The average molecular weight is 479 g/mol. The normalized spacial score (nSPS) is 13.5. The van der Waals surface area contributed by atoms with E-state index in [1.807, 2.05) is 47.4 Å². The van der Waals surface area contributed by atoms with Crippen LogP contribution in [0.2, 0.25) is 0 Å². The second kappa shape index (κ2) is 12.1. The van der Waals surface area contributed by atoms with E-state index in [0.717, 1.165) is 60.7 Å². The van der Waals surface area contributed by atoms with Crippen LogP contribution in [0.3, 0.4) is 0 Å². The first-order valence-electron chi connectivity index (χ1n) is 12.4. The first-order chi connectivity index (χ1) is 16.7. The zero-order valence-corrected chi connectivity index (χ0v) is 20.8. The zero-order chi connectivity index (χ0) is 23.8. The predicted octanol–water partition coefficient (Wildman–Crippen LogP) is 5.26. The number of para-hydroxylation sites is 2. The van der Waals surface area contributed by atoms with E-state index >= 15 is 0 Å². The van der Waals surface area contributed by atoms with Crippen molar-refractivity contribution >= 4 is 34.6 Å². The number of nitrogens with one attached hydrogen (secondary N) is 1. The zero-order valence-electron chi connectivity index (χ0n) is 20.0. The molecule has 3 aromatic rings. The lowest BCUT2D eigenvalue weighted by Crippen LogP contribution is -2.27. The molecule has 0 unspecified atom stereocenters. The Morgan fingerprint density at radius 3 is 2.53 bits per heavy atom. The van der Waals surface area contributed by atoms with Crippen molar-refractivity contribution in [1.82, 2.24) is 19.8 Å². The molecule has 2 amide bonds. The number of hydrogen-bond acceptors (Lipinski definition) is 4. The number of fused-ring (bicyclic) bond motifs is 1. The Morgan fingerprint density at radius 1 is 1.00 bits per heavy atom. The maximum Gasteiger partial charge on any atom is 0.253 e. The number of thioether (sulfide) groups is 1. The number of benzene rings is 2. The minimum atomic E-state index is -0.0215. The van der Waals surface area contributed by atoms with Crippen molar-refractivity contribution in [3.8, 4) is 0 Å². The molecule has 1 N–H and O–H groups in total. The van der Waals surface area contributed by atoms with Gasteiger partial charge in [-0.25, -0.2) is 4.98 Å². The molecule has 0 bridgehead atoms. The number of likely N-dealkylation sites (tertiary alicyclic amines) is 1. The number of aryl methyl sites for hydroxylation is 1. The predicted molar refractivity (Wildman–Crippen MR) is 138 cm³/mol. The first kappa shape index (κ1) is 24.3. The number of hydrogen-bond donors (Lipinski definition) is 1. The van der Waals surface area contributed by atoms with Crippen LogP contribution < -0.4 is 5.32 Å². The molecule has 0 saturated carbocycles. The summed E-state index contributed by atoms with van der Waals surface area (Å²) in [4.78, 5) is 31.7. The largest absolute Gasteiger partial charge is 0.351 e. The topological polar surface area (TPSA) is 67.2 Å². The molecule has 0 atom stereocenters. The van der Waals surface area contributed by atoms with Gasteiger partial charge in [-0.15, -0.1) is 0 Å². The van der Waals surface area contributed by atoms with E-state index in [2.05, 4.69) is 22.9 Å². The van der Waals surface area contributed by atoms with E-state index < -0.39 is 0 Å². The van der Waals surface area contributed by atoms with Crippen LogP contribution in [-0.4, -0.2) is 45.1 Å². The number of amides is 2. The maximum atomic E-state index is 12.5. The van der Waals surface area contributed by atoms with Crippen LogP contribution in [0.1, 0.15) is 61.4 Å². The summed E-state index contributed by atoms with van der Waals surface area (Å²) in [5.74, 6) is 0.401. The van der Waals surface area contributed by atoms with Crippen LogP contribution in [0.4, 0.5) is 0 Å². The molecular formula is C27H34N4O2S. The molecule has 1 fully saturated rings. The third-order valence-electron chi connectivity index (χ3n) is 6.27. The van der Waals surface area contributed by atoms with Crippen LogP contribution in [0.5, 0.6) is 0 Å². The van der Waals surface area contributed by atoms with Gasteiger partial charge in [0, 0.05) is 31.7 Å². The highest BCUT2D eigenvalue weighted by Crippen LogP contribution is 2.25. The van der Waals surface area contributed by atoms with E-state index in [-0.39, 0.29) is 11.8 Å². The summed E-state index contributed by atoms with van der Waals surface area (Å²) in [5, 5.41) is 3.89. The summed E-state index contributed by atoms with van der Waals surface area (Å²) in [5.41, 5.74) is 3.81. The van der Waals surface area contributed by atoms with E-state index in [1.54, 1.807) is 0 Å². The summed E-state index contributed by atoms with van der Waals surface area (Å²) in [7, 11) is 0. The molecule has 7 heteroatoms. The van der Waals surface area contributed by atoms with Gasteiger partial charge in [0.1, 0.15) is 0 Å². The number of unbranched alkanes of at least 4 members (excludes halogenated alkanes) is 3. The highest BCUT2D eigenvalue weighted by atomic mass is 32.2. The molecule has 0 spiro atoms. The van der Waals surface area contributed by atoms with E-state index in [1.165, 1.54) is 31.0 Å². The van der Waals surface area contributed by atoms with Crippen molar-refractivity contribution in [2.24, 2.45) is 0 Å². The second-order valence-corrected chi connectivity index (χ2v) is 9.80. The van der Waals surface area contributed by atoms with Crippen molar-refractivity contribution in [3.05, 3.63) is 59.7 Å². The highest BCUT2D eigenvalue weighted by molar-refractivity contribution is 7.99. The summed E-state index contributed by atoms with van der Waals surface area (Å²) in [6.07, 6.45) is 6.95. The molecule has 180 valence electrons. The average Bonchev–Trinajstić information content (AvgIpc) is 3.52. The van der Waals surface area contributed by atoms with Crippen molar-refractivity contribution in [1.29, 1.82) is 0 Å². The lowest BCUT2D eigenvalue weighted by molar-refractivity contribution is -0.118. The molecule has 1 aromatic heterocycles. The molecule has 6 nitrogen and oxygen atoms in total. The van der Waals surface area contributed by atoms with Crippen molar-refractivity contribution in [3.63, 3.8) is 0 Å². The Bertz CT molecular complexity index is 1100. The molecule has 0 radical (unpaired) electrons. The van der Waals surface area contributed by atoms with Gasteiger partial charge in [-0.05, 0) is 49.1 Å². The van der Waals surface area contributed by atoms with Crippen LogP contribution >= 0.6 is 11.8 Å². The number of carbonyl (C=O) groups is 2. The SMILES string of the molecule is CCCCCCn1c(SCC(=O)NCc2ccc(C(=O)N3CCCC3)cc2)nc2ccccc21. The van der Waals surface area contributed by atoms with Gasteiger partial charge >= 0.3 is 0 Å². The number of aromatic nitrogens is 2. The van der Waals surface area contributed by atoms with Gasteiger partial charge < -0.3 is 14.8 Å². The summed E-state index contributed by atoms with van der Waals surface area (Å²) in [6.45, 7) is 5.29. The van der Waals surface area contributed by atoms with Crippen LogP contribution in [-0.2, 0) is 17.9 Å². The lowest BCUT2D eigenvalue weighted by Gasteiger charge is -2.15. The standard InChI is InChI=1S/C27H34N4O2S/c1-2-3-4-7-18-31-24-11-6-5-10-23(24)29-27(31)34-20-25(32)28-19-21-12-14-22(15-13-21)26(33)30-16-8-9-17-30/h5-6,10-15H,2-4,7-9,16-20H2,1H3,(H,28,32). The fourth-order valence-corrected chi connectivity index (χ4v) is 5.20. The van der Waals surface area contributed by atoms with E-state index in [4.69, 9.17) is 4.98 Å². The van der Waals surface area contributed by atoms with Crippen molar-refractivity contribution in [2.75, 3.05) is 18.8 Å². The lowest BCUT2D eigenvalue weighted by atomic mass is 10.1. The van der Waals surface area contributed by atoms with Crippen LogP contribution in [0.15, 0.2) is 53.7 Å². The third kappa shape index (κ3) is 6.20. The fraction of sp³-hybridized carbons (Fsp3) is 0.444. The Balaban J connectivity index is 1.29. The van der Waals surface area contributed by atoms with Crippen LogP contribution in [0.25, 0.3) is 11.0 Å². The van der Waals surface area contributed by atoms with Crippen molar-refractivity contribution in [2.45, 2.75) is 63.7 Å². The van der Waals surface area contributed by atoms with Crippen LogP contribution in [0, 0.1) is 0 Å². The molecule has 1 aliphatic rings. The quantitative estimate of drug-likeness (QED) is 0.301. The molecule has 2 heterocycles. The molecule has 0 aliphatic carbocycles. The minimum Gasteiger partial charge on any atom is -0.351 e. The molecule has 34 heavy (non-hydrogen) atoms. The number of rotatable bonds is 11. The molecule has 2 aromatic carbocycles. The monoisotopic (exact) mass is 478 g/mol. The highest BCUT2D eigenvalue weighted by Gasteiger charge is 2.19. The Morgan fingerprint density at radius 2 is 1.76 bits per heavy atom. The van der Waals surface area contributed by atoms with Gasteiger partial charge in [0.25, 0.3) is 5.91 Å². The minimum absolute atomic E-state index is 0.0215. The summed E-state index contributed by atoms with van der Waals surface area (Å²) >= 11 is 1.49. The molecule has 1 aliphatic heterocycles. The van der Waals surface area contributed by atoms with Gasteiger partial charge in [-0.2, -0.15) is 0 Å². The van der Waals surface area contributed by atoms with Crippen molar-refractivity contribution < 1.29 is 9.59 Å². The molecular weight excluding hydrogens is 444 g/mol.